The number of rotatable bonds is 9. The van der Waals surface area contributed by atoms with Gasteiger partial charge in [-0.2, -0.15) is 0 Å². The molecule has 0 aliphatic heterocycles. The minimum absolute atomic E-state index is 0.231. The lowest BCUT2D eigenvalue weighted by Gasteiger charge is -2.10. The van der Waals surface area contributed by atoms with Gasteiger partial charge in [0.15, 0.2) is 4.34 Å². The third-order valence-electron chi connectivity index (χ3n) is 4.69. The van der Waals surface area contributed by atoms with Crippen LogP contribution in [0.3, 0.4) is 0 Å². The number of ether oxygens (including phenoxy) is 1. The number of nitrogens with zero attached hydrogens (tertiary/aromatic N) is 2. The van der Waals surface area contributed by atoms with Crippen LogP contribution in [0.2, 0.25) is 0 Å². The Hall–Kier alpha value is -3.28. The largest absolute Gasteiger partial charge is 0.462 e. The van der Waals surface area contributed by atoms with Crippen molar-refractivity contribution >= 4 is 62.1 Å². The third-order valence-corrected chi connectivity index (χ3v) is 7.81. The van der Waals surface area contributed by atoms with E-state index in [4.69, 9.17) is 4.74 Å². The smallest absolute Gasteiger partial charge is 0.341 e. The maximum Gasteiger partial charge on any atom is 0.341 e. The van der Waals surface area contributed by atoms with Gasteiger partial charge in [0.1, 0.15) is 10.8 Å². The van der Waals surface area contributed by atoms with E-state index in [1.54, 1.807) is 38.1 Å². The molecule has 0 radical (unpaired) electrons. The first-order valence-corrected chi connectivity index (χ1v) is 13.1. The van der Waals surface area contributed by atoms with E-state index in [-0.39, 0.29) is 12.5 Å². The highest BCUT2D eigenvalue weighted by Crippen LogP contribution is 2.37. The van der Waals surface area contributed by atoms with Crippen LogP contribution in [-0.2, 0) is 9.53 Å². The molecule has 11 heteroatoms. The Morgan fingerprint density at radius 3 is 2.57 bits per heavy atom. The quantitative estimate of drug-likeness (QED) is 0.191. The SMILES string of the molecule is CCOC(=O)c1cc(-c2ccccc2)sc1NC(=O)[C@H](C)Sc1nnc(Nc2ccccc2F)s1. The number of hydrogen-bond donors (Lipinski definition) is 2. The van der Waals surface area contributed by atoms with Crippen LogP contribution in [0.15, 0.2) is 65.0 Å². The van der Waals surface area contributed by atoms with Gasteiger partial charge in [-0.1, -0.05) is 65.6 Å². The number of halogens is 1. The van der Waals surface area contributed by atoms with Gasteiger partial charge in [0.25, 0.3) is 0 Å². The summed E-state index contributed by atoms with van der Waals surface area (Å²) in [4.78, 5) is 26.3. The molecule has 180 valence electrons. The summed E-state index contributed by atoms with van der Waals surface area (Å²) in [5, 5.41) is 14.2. The van der Waals surface area contributed by atoms with Gasteiger partial charge >= 0.3 is 5.97 Å². The zero-order valence-electron chi connectivity index (χ0n) is 18.8. The Bertz CT molecular complexity index is 1330. The van der Waals surface area contributed by atoms with Gasteiger partial charge in [0.05, 0.1) is 23.1 Å². The van der Waals surface area contributed by atoms with E-state index >= 15 is 0 Å². The highest BCUT2D eigenvalue weighted by molar-refractivity contribution is 8.02. The maximum absolute atomic E-state index is 13.9. The van der Waals surface area contributed by atoms with Crippen LogP contribution >= 0.6 is 34.4 Å². The Kier molecular flexibility index (Phi) is 8.11. The van der Waals surface area contributed by atoms with Crippen LogP contribution < -0.4 is 10.6 Å². The zero-order valence-corrected chi connectivity index (χ0v) is 21.2. The standard InChI is InChI=1S/C24H21FN4O3S3/c1-3-32-22(31)16-13-19(15-9-5-4-6-10-15)34-21(16)27-20(30)14(2)33-24-29-28-23(35-24)26-18-12-8-7-11-17(18)25/h4-14H,3H2,1-2H3,(H,26,28)(H,27,30)/t14-/m0/s1. The lowest BCUT2D eigenvalue weighted by atomic mass is 10.1. The van der Waals surface area contributed by atoms with Crippen LogP contribution in [0, 0.1) is 5.82 Å². The zero-order chi connectivity index (χ0) is 24.8. The minimum atomic E-state index is -0.526. The summed E-state index contributed by atoms with van der Waals surface area (Å²) < 4.78 is 19.6. The van der Waals surface area contributed by atoms with Gasteiger partial charge in [-0.15, -0.1) is 21.5 Å². The van der Waals surface area contributed by atoms with Crippen molar-refractivity contribution in [2.45, 2.75) is 23.4 Å². The third kappa shape index (κ3) is 6.24. The minimum Gasteiger partial charge on any atom is -0.462 e. The molecule has 0 saturated carbocycles. The predicted octanol–water partition coefficient (Wildman–Crippen LogP) is 6.45. The first-order valence-electron chi connectivity index (χ1n) is 10.6. The molecule has 2 aromatic heterocycles. The van der Waals surface area contributed by atoms with Crippen molar-refractivity contribution in [2.75, 3.05) is 17.2 Å². The number of hydrogen-bond acceptors (Lipinski definition) is 9. The number of aromatic nitrogens is 2. The topological polar surface area (TPSA) is 93.2 Å². The second-order valence-corrected chi connectivity index (χ2v) is 10.8. The fraction of sp³-hybridized carbons (Fsp3) is 0.167. The van der Waals surface area contributed by atoms with Gasteiger partial charge < -0.3 is 15.4 Å². The second-order valence-electron chi connectivity index (χ2n) is 7.17. The lowest BCUT2D eigenvalue weighted by Crippen LogP contribution is -2.23. The predicted molar refractivity (Wildman–Crippen MR) is 139 cm³/mol. The van der Waals surface area contributed by atoms with Crippen LogP contribution in [0.5, 0.6) is 0 Å². The number of para-hydroxylation sites is 1. The maximum atomic E-state index is 13.9. The molecule has 2 N–H and O–H groups in total. The monoisotopic (exact) mass is 528 g/mol. The normalized spacial score (nSPS) is 11.6. The summed E-state index contributed by atoms with van der Waals surface area (Å²) in [6, 6.07) is 17.6. The number of esters is 1. The van der Waals surface area contributed by atoms with E-state index in [2.05, 4.69) is 20.8 Å². The first-order chi connectivity index (χ1) is 16.9. The summed E-state index contributed by atoms with van der Waals surface area (Å²) in [5.41, 5.74) is 1.55. The number of thiophene rings is 1. The van der Waals surface area contributed by atoms with E-state index in [1.165, 1.54) is 40.5 Å². The van der Waals surface area contributed by atoms with Crippen LogP contribution in [0.4, 0.5) is 20.2 Å². The van der Waals surface area contributed by atoms with Gasteiger partial charge in [0, 0.05) is 4.88 Å². The number of carbonyl (C=O) groups excluding carboxylic acids is 2. The highest BCUT2D eigenvalue weighted by atomic mass is 32.2. The molecule has 0 fully saturated rings. The van der Waals surface area contributed by atoms with Crippen molar-refractivity contribution in [1.29, 1.82) is 0 Å². The summed E-state index contributed by atoms with van der Waals surface area (Å²) in [6.45, 7) is 3.70. The van der Waals surface area contributed by atoms with Crippen molar-refractivity contribution < 1.29 is 18.7 Å². The van der Waals surface area contributed by atoms with Crippen LogP contribution in [0.1, 0.15) is 24.2 Å². The number of nitrogens with one attached hydrogen (secondary N) is 2. The van der Waals surface area contributed by atoms with Crippen molar-refractivity contribution in [3.8, 4) is 10.4 Å². The summed E-state index contributed by atoms with van der Waals surface area (Å²) in [5.74, 6) is -1.18. The molecule has 4 aromatic rings. The molecule has 2 heterocycles. The van der Waals surface area contributed by atoms with Crippen LogP contribution in [0.25, 0.3) is 10.4 Å². The molecule has 7 nitrogen and oxygen atoms in total. The molecule has 4 rings (SSSR count). The second kappa shape index (κ2) is 11.4. The van der Waals surface area contributed by atoms with E-state index in [0.29, 0.717) is 25.7 Å². The van der Waals surface area contributed by atoms with E-state index in [1.807, 2.05) is 30.3 Å². The van der Waals surface area contributed by atoms with E-state index < -0.39 is 17.0 Å². The molecule has 0 aliphatic rings. The average Bonchev–Trinajstić information content (AvgIpc) is 3.48. The fourth-order valence-corrected chi connectivity index (χ4v) is 5.96. The Morgan fingerprint density at radius 2 is 1.83 bits per heavy atom. The molecule has 35 heavy (non-hydrogen) atoms. The molecular weight excluding hydrogens is 507 g/mol. The van der Waals surface area contributed by atoms with Gasteiger partial charge in [-0.25, -0.2) is 9.18 Å². The Balaban J connectivity index is 1.45. The first kappa shape index (κ1) is 24.8. The number of benzene rings is 2. The molecule has 1 atom stereocenters. The van der Waals surface area contributed by atoms with Crippen LogP contribution in [-0.4, -0.2) is 33.9 Å². The number of carbonyl (C=O) groups is 2. The van der Waals surface area contributed by atoms with Gasteiger partial charge in [0.2, 0.25) is 11.0 Å². The van der Waals surface area contributed by atoms with Gasteiger partial charge in [-0.05, 0) is 37.6 Å². The molecule has 0 aliphatic carbocycles. The number of amides is 1. The molecule has 0 saturated heterocycles. The molecule has 0 bridgehead atoms. The van der Waals surface area contributed by atoms with E-state index in [9.17, 15) is 14.0 Å². The summed E-state index contributed by atoms with van der Waals surface area (Å²) >= 11 is 3.75. The molecule has 0 unspecified atom stereocenters. The molecule has 1 amide bonds. The fourth-order valence-electron chi connectivity index (χ4n) is 2.99. The van der Waals surface area contributed by atoms with Gasteiger partial charge in [-0.3, -0.25) is 4.79 Å². The Labute approximate surface area is 213 Å². The molecular formula is C24H21FN4O3S3. The van der Waals surface area contributed by atoms with E-state index in [0.717, 1.165) is 10.4 Å². The van der Waals surface area contributed by atoms with Crippen molar-refractivity contribution in [1.82, 2.24) is 10.2 Å². The molecule has 2 aromatic carbocycles. The number of thioether (sulfide) groups is 1. The lowest BCUT2D eigenvalue weighted by molar-refractivity contribution is -0.115. The van der Waals surface area contributed by atoms with Crippen molar-refractivity contribution in [3.05, 3.63) is 72.0 Å². The average molecular weight is 529 g/mol. The highest BCUT2D eigenvalue weighted by Gasteiger charge is 2.23. The van der Waals surface area contributed by atoms with Crippen molar-refractivity contribution in [2.24, 2.45) is 0 Å². The van der Waals surface area contributed by atoms with Crippen molar-refractivity contribution in [3.63, 3.8) is 0 Å². The summed E-state index contributed by atoms with van der Waals surface area (Å²) in [6.07, 6.45) is 0. The Morgan fingerprint density at radius 1 is 1.09 bits per heavy atom. The summed E-state index contributed by atoms with van der Waals surface area (Å²) in [7, 11) is 0. The number of anilines is 3. The molecule has 0 spiro atoms.